The van der Waals surface area contributed by atoms with E-state index in [1.165, 1.54) is 0 Å². The maximum absolute atomic E-state index is 12.1. The summed E-state index contributed by atoms with van der Waals surface area (Å²) in [6.45, 7) is 0. The number of aromatic nitrogens is 2. The van der Waals surface area contributed by atoms with Gasteiger partial charge in [0.2, 0.25) is 0 Å². The molecule has 1 aromatic heterocycles. The summed E-state index contributed by atoms with van der Waals surface area (Å²) in [7, 11) is 0. The molecule has 0 spiro atoms. The minimum absolute atomic E-state index is 0.0136. The lowest BCUT2D eigenvalue weighted by Crippen LogP contribution is -1.93. The Balaban J connectivity index is 1.89. The third kappa shape index (κ3) is 2.45. The number of ketones is 1. The highest BCUT2D eigenvalue weighted by Crippen LogP contribution is 2.16. The van der Waals surface area contributed by atoms with E-state index in [1.54, 1.807) is 24.7 Å². The summed E-state index contributed by atoms with van der Waals surface area (Å²) in [4.78, 5) is 18.9. The first-order valence-corrected chi connectivity index (χ1v) is 6.02. The number of carbonyl (C=O) groups excluding carboxylic acids is 1. The van der Waals surface area contributed by atoms with Crippen molar-refractivity contribution in [1.29, 1.82) is 0 Å². The molecule has 0 amide bonds. The highest BCUT2D eigenvalue weighted by Gasteiger charge is 2.02. The number of hydrogen-bond acceptors (Lipinski definition) is 2. The van der Waals surface area contributed by atoms with Gasteiger partial charge in [-0.1, -0.05) is 36.4 Å². The molecule has 0 atom stereocenters. The number of hydrogen-bond donors (Lipinski definition) is 1. The quantitative estimate of drug-likeness (QED) is 0.570. The number of benzene rings is 2. The van der Waals surface area contributed by atoms with Gasteiger partial charge in [0, 0.05) is 5.56 Å². The summed E-state index contributed by atoms with van der Waals surface area (Å²) in [5.41, 5.74) is 1.50. The lowest BCUT2D eigenvalue weighted by Gasteiger charge is -2.00. The van der Waals surface area contributed by atoms with Crippen LogP contribution in [0.15, 0.2) is 61.1 Å². The fraction of sp³-hybridized carbons (Fsp3) is 0. The minimum atomic E-state index is -0.0136. The number of nitrogens with one attached hydrogen (secondary N) is 1. The normalized spacial score (nSPS) is 11.2. The first-order valence-electron chi connectivity index (χ1n) is 6.02. The van der Waals surface area contributed by atoms with Gasteiger partial charge in [0.25, 0.3) is 0 Å². The van der Waals surface area contributed by atoms with Gasteiger partial charge in [-0.05, 0) is 29.0 Å². The second kappa shape index (κ2) is 4.90. The van der Waals surface area contributed by atoms with Crippen molar-refractivity contribution < 1.29 is 4.79 Å². The first kappa shape index (κ1) is 11.4. The molecule has 0 fully saturated rings. The molecule has 0 aliphatic rings. The van der Waals surface area contributed by atoms with Gasteiger partial charge in [0.05, 0.1) is 18.2 Å². The van der Waals surface area contributed by atoms with E-state index in [0.717, 1.165) is 16.5 Å². The number of aromatic amines is 1. The van der Waals surface area contributed by atoms with Crippen molar-refractivity contribution in [2.75, 3.05) is 0 Å². The van der Waals surface area contributed by atoms with E-state index in [1.807, 2.05) is 42.5 Å². The van der Waals surface area contributed by atoms with Gasteiger partial charge in [0.15, 0.2) is 5.78 Å². The van der Waals surface area contributed by atoms with Crippen molar-refractivity contribution in [3.8, 4) is 0 Å². The first-order chi connectivity index (χ1) is 9.33. The Hall–Kier alpha value is -2.68. The van der Waals surface area contributed by atoms with Crippen LogP contribution in [-0.4, -0.2) is 15.8 Å². The molecule has 92 valence electrons. The summed E-state index contributed by atoms with van der Waals surface area (Å²) in [6, 6.07) is 13.7. The Bertz CT molecular complexity index is 742. The molecule has 3 nitrogen and oxygen atoms in total. The Morgan fingerprint density at radius 2 is 1.95 bits per heavy atom. The summed E-state index contributed by atoms with van der Waals surface area (Å²) in [5, 5.41) is 2.21. The zero-order chi connectivity index (χ0) is 13.1. The van der Waals surface area contributed by atoms with Crippen LogP contribution in [0, 0.1) is 0 Å². The molecule has 3 heteroatoms. The number of rotatable bonds is 3. The number of fused-ring (bicyclic) bond motifs is 1. The second-order valence-corrected chi connectivity index (χ2v) is 4.27. The van der Waals surface area contributed by atoms with Gasteiger partial charge in [-0.25, -0.2) is 4.98 Å². The van der Waals surface area contributed by atoms with Gasteiger partial charge in [-0.15, -0.1) is 0 Å². The molecule has 19 heavy (non-hydrogen) atoms. The van der Waals surface area contributed by atoms with Gasteiger partial charge in [-0.2, -0.15) is 0 Å². The fourth-order valence-electron chi connectivity index (χ4n) is 1.96. The Morgan fingerprint density at radius 3 is 2.74 bits per heavy atom. The Kier molecular flexibility index (Phi) is 2.94. The zero-order valence-corrected chi connectivity index (χ0v) is 10.2. The molecule has 1 N–H and O–H groups in total. The number of carbonyl (C=O) groups is 1. The van der Waals surface area contributed by atoms with Crippen molar-refractivity contribution in [2.45, 2.75) is 0 Å². The number of nitrogens with zero attached hydrogens (tertiary/aromatic N) is 1. The molecule has 1 heterocycles. The molecule has 0 bridgehead atoms. The number of allylic oxidation sites excluding steroid dienone is 1. The topological polar surface area (TPSA) is 45.8 Å². The van der Waals surface area contributed by atoms with Crippen LogP contribution in [0.25, 0.3) is 16.8 Å². The van der Waals surface area contributed by atoms with Gasteiger partial charge in [-0.3, -0.25) is 4.79 Å². The van der Waals surface area contributed by atoms with Gasteiger partial charge >= 0.3 is 0 Å². The Labute approximate surface area is 110 Å². The number of imidazole rings is 1. The van der Waals surface area contributed by atoms with Crippen LogP contribution in [0.3, 0.4) is 0 Å². The van der Waals surface area contributed by atoms with Crippen LogP contribution >= 0.6 is 0 Å². The van der Waals surface area contributed by atoms with Crippen LogP contribution in [-0.2, 0) is 0 Å². The van der Waals surface area contributed by atoms with E-state index in [2.05, 4.69) is 9.97 Å². The van der Waals surface area contributed by atoms with E-state index >= 15 is 0 Å². The average molecular weight is 248 g/mol. The average Bonchev–Trinajstić information content (AvgIpc) is 2.97. The van der Waals surface area contributed by atoms with Gasteiger partial charge < -0.3 is 4.98 Å². The van der Waals surface area contributed by atoms with E-state index < -0.39 is 0 Å². The third-order valence-electron chi connectivity index (χ3n) is 2.97. The summed E-state index contributed by atoms with van der Waals surface area (Å²) in [5.74, 6) is -0.0136. The molecule has 3 rings (SSSR count). The molecule has 2 aromatic carbocycles. The molecule has 0 unspecified atom stereocenters. The summed E-state index contributed by atoms with van der Waals surface area (Å²) >= 11 is 0. The molecular weight excluding hydrogens is 236 g/mol. The summed E-state index contributed by atoms with van der Waals surface area (Å²) < 4.78 is 0. The van der Waals surface area contributed by atoms with Crippen LogP contribution in [0.4, 0.5) is 0 Å². The largest absolute Gasteiger partial charge is 0.345 e. The third-order valence-corrected chi connectivity index (χ3v) is 2.97. The zero-order valence-electron chi connectivity index (χ0n) is 10.2. The highest BCUT2D eigenvalue weighted by molar-refractivity contribution is 6.08. The van der Waals surface area contributed by atoms with Crippen LogP contribution in [0.1, 0.15) is 16.1 Å². The highest BCUT2D eigenvalue weighted by atomic mass is 16.1. The monoisotopic (exact) mass is 248 g/mol. The smallest absolute Gasteiger partial charge is 0.185 e. The molecule has 0 saturated carbocycles. The maximum atomic E-state index is 12.1. The maximum Gasteiger partial charge on any atom is 0.185 e. The van der Waals surface area contributed by atoms with E-state index in [4.69, 9.17) is 0 Å². The van der Waals surface area contributed by atoms with Crippen molar-refractivity contribution >= 4 is 22.6 Å². The molecule has 0 aliphatic heterocycles. The van der Waals surface area contributed by atoms with Crippen molar-refractivity contribution in [3.05, 3.63) is 72.3 Å². The van der Waals surface area contributed by atoms with Gasteiger partial charge in [0.1, 0.15) is 0 Å². The molecular formula is C16H12N2O. The van der Waals surface area contributed by atoms with Crippen LogP contribution in [0.5, 0.6) is 0 Å². The predicted octanol–water partition coefficient (Wildman–Crippen LogP) is 3.46. The van der Waals surface area contributed by atoms with E-state index in [0.29, 0.717) is 5.56 Å². The molecule has 0 saturated heterocycles. The molecule has 0 aliphatic carbocycles. The lowest BCUT2D eigenvalue weighted by molar-refractivity contribution is 0.104. The van der Waals surface area contributed by atoms with Crippen molar-refractivity contribution in [2.24, 2.45) is 0 Å². The molecule has 0 radical (unpaired) electrons. The van der Waals surface area contributed by atoms with Crippen molar-refractivity contribution in [3.63, 3.8) is 0 Å². The second-order valence-electron chi connectivity index (χ2n) is 4.27. The standard InChI is InChI=1S/C16H12N2O/c19-16(8-7-15-10-17-11-18-15)14-6-5-12-3-1-2-4-13(12)9-14/h1-11H,(H,17,18)/b8-7+. The molecule has 3 aromatic rings. The van der Waals surface area contributed by atoms with Crippen LogP contribution < -0.4 is 0 Å². The SMILES string of the molecule is O=C(/C=C/c1cnc[nH]1)c1ccc2ccccc2c1. The van der Waals surface area contributed by atoms with Crippen molar-refractivity contribution in [1.82, 2.24) is 9.97 Å². The number of H-pyrrole nitrogens is 1. The van der Waals surface area contributed by atoms with Crippen LogP contribution in [0.2, 0.25) is 0 Å². The van der Waals surface area contributed by atoms with E-state index in [-0.39, 0.29) is 5.78 Å². The summed E-state index contributed by atoms with van der Waals surface area (Å²) in [6.07, 6.45) is 6.53. The predicted molar refractivity (Wildman–Crippen MR) is 75.9 cm³/mol. The Morgan fingerprint density at radius 1 is 1.11 bits per heavy atom. The van der Waals surface area contributed by atoms with E-state index in [9.17, 15) is 4.79 Å². The fourth-order valence-corrected chi connectivity index (χ4v) is 1.96. The lowest BCUT2D eigenvalue weighted by atomic mass is 10.0. The minimum Gasteiger partial charge on any atom is -0.345 e.